The number of ketones is 3. The largest absolute Gasteiger partial charge is 0.510 e. The highest BCUT2D eigenvalue weighted by atomic mass is 16.4. The third-order valence-corrected chi connectivity index (χ3v) is 9.35. The SMILES string of the molecule is CC(C)=CC[C@@H]1C[C@]2(CC=C(C)C)C(=O)[C@@]([C@H](CC(=O)O)c3ccccc3)(C(=O)C(C(=O)CC(C)C)=C2O)C1(C)C. The van der Waals surface area contributed by atoms with E-state index in [1.54, 1.807) is 30.3 Å². The first-order valence-corrected chi connectivity index (χ1v) is 14.6. The number of hydrogen-bond acceptors (Lipinski definition) is 5. The maximum absolute atomic E-state index is 15.2. The second kappa shape index (κ2) is 11.9. The minimum atomic E-state index is -1.88. The molecule has 0 unspecified atom stereocenters. The first kappa shape index (κ1) is 32.2. The van der Waals surface area contributed by atoms with E-state index in [9.17, 15) is 24.6 Å². The van der Waals surface area contributed by atoms with Gasteiger partial charge in [0, 0.05) is 12.3 Å². The lowest BCUT2D eigenvalue weighted by Crippen LogP contribution is -2.69. The zero-order valence-corrected chi connectivity index (χ0v) is 25.8. The minimum Gasteiger partial charge on any atom is -0.510 e. The van der Waals surface area contributed by atoms with Gasteiger partial charge in [-0.05, 0) is 69.8 Å². The molecule has 3 rings (SSSR count). The fourth-order valence-electron chi connectivity index (χ4n) is 7.19. The summed E-state index contributed by atoms with van der Waals surface area (Å²) < 4.78 is 0. The van der Waals surface area contributed by atoms with Crippen LogP contribution in [0.3, 0.4) is 0 Å². The van der Waals surface area contributed by atoms with Gasteiger partial charge in [0.05, 0.1) is 11.8 Å². The molecule has 0 heterocycles. The summed E-state index contributed by atoms with van der Waals surface area (Å²) in [6.07, 6.45) is 4.44. The molecule has 222 valence electrons. The van der Waals surface area contributed by atoms with Crippen molar-refractivity contribution in [3.63, 3.8) is 0 Å². The van der Waals surface area contributed by atoms with Gasteiger partial charge < -0.3 is 10.2 Å². The third kappa shape index (κ3) is 5.50. The Balaban J connectivity index is 2.54. The third-order valence-electron chi connectivity index (χ3n) is 9.35. The summed E-state index contributed by atoms with van der Waals surface area (Å²) in [6.45, 7) is 15.2. The fraction of sp³-hybridized carbons (Fsp3) is 0.543. The first-order chi connectivity index (χ1) is 19.0. The number of carbonyl (C=O) groups excluding carboxylic acids is 3. The monoisotopic (exact) mass is 562 g/mol. The Kier molecular flexibility index (Phi) is 9.36. The van der Waals surface area contributed by atoms with Crippen LogP contribution in [0.2, 0.25) is 0 Å². The zero-order chi connectivity index (χ0) is 30.9. The van der Waals surface area contributed by atoms with Crippen molar-refractivity contribution in [3.8, 4) is 0 Å². The molecule has 0 radical (unpaired) electrons. The average Bonchev–Trinajstić information content (AvgIpc) is 2.86. The van der Waals surface area contributed by atoms with Gasteiger partial charge in [-0.25, -0.2) is 0 Å². The molecule has 1 saturated carbocycles. The van der Waals surface area contributed by atoms with E-state index >= 15 is 4.79 Å². The van der Waals surface area contributed by atoms with Gasteiger partial charge in [0.15, 0.2) is 17.3 Å². The number of Topliss-reactive ketones (excluding diaryl/α,β-unsaturated/α-hetero) is 3. The standard InChI is InChI=1S/C35H46O6/c1-21(2)14-15-25-20-34(17-16-22(3)4)30(39)29(27(36)18-23(5)6)31(40)35(32(34)41,33(25,7)8)26(19-28(37)38)24-12-10-9-11-13-24/h9-14,16,23,25-26,39H,15,17-20H2,1-8H3,(H,37,38)/t25-,26-,34+,35-/m1/s1. The molecular formula is C35H46O6. The fourth-order valence-corrected chi connectivity index (χ4v) is 7.19. The number of aliphatic carboxylic acids is 1. The molecule has 2 bridgehead atoms. The maximum Gasteiger partial charge on any atom is 0.304 e. The predicted octanol–water partition coefficient (Wildman–Crippen LogP) is 7.56. The number of fused-ring (bicyclic) bond motifs is 2. The van der Waals surface area contributed by atoms with E-state index in [1.165, 1.54) is 0 Å². The smallest absolute Gasteiger partial charge is 0.304 e. The molecule has 6 nitrogen and oxygen atoms in total. The van der Waals surface area contributed by atoms with Crippen molar-refractivity contribution in [1.29, 1.82) is 0 Å². The zero-order valence-electron chi connectivity index (χ0n) is 25.8. The van der Waals surface area contributed by atoms with Crippen LogP contribution in [0, 0.1) is 28.1 Å². The summed E-state index contributed by atoms with van der Waals surface area (Å²) in [5.41, 5.74) is -2.18. The van der Waals surface area contributed by atoms with Gasteiger partial charge in [-0.1, -0.05) is 81.3 Å². The van der Waals surface area contributed by atoms with E-state index in [0.29, 0.717) is 12.0 Å². The van der Waals surface area contributed by atoms with Crippen molar-refractivity contribution >= 4 is 23.3 Å². The molecule has 41 heavy (non-hydrogen) atoms. The van der Waals surface area contributed by atoms with Crippen LogP contribution in [0.1, 0.15) is 99.0 Å². The lowest BCUT2D eigenvalue weighted by molar-refractivity contribution is -0.176. The Bertz CT molecular complexity index is 1300. The second-order valence-electron chi connectivity index (χ2n) is 13.5. The van der Waals surface area contributed by atoms with Crippen LogP contribution < -0.4 is 0 Å². The van der Waals surface area contributed by atoms with E-state index in [1.807, 2.05) is 61.5 Å². The molecule has 1 aromatic carbocycles. The van der Waals surface area contributed by atoms with Crippen LogP contribution in [0.15, 0.2) is 65.0 Å². The summed E-state index contributed by atoms with van der Waals surface area (Å²) in [5.74, 6) is -4.66. The van der Waals surface area contributed by atoms with Crippen molar-refractivity contribution in [2.75, 3.05) is 0 Å². The van der Waals surface area contributed by atoms with Crippen LogP contribution in [0.25, 0.3) is 0 Å². The van der Waals surface area contributed by atoms with Crippen LogP contribution in [0.5, 0.6) is 0 Å². The molecule has 0 aliphatic heterocycles. The lowest BCUT2D eigenvalue weighted by Gasteiger charge is -2.62. The van der Waals surface area contributed by atoms with Gasteiger partial charge in [0.2, 0.25) is 0 Å². The van der Waals surface area contributed by atoms with Crippen molar-refractivity contribution in [3.05, 3.63) is 70.5 Å². The number of carboxylic acids is 1. The van der Waals surface area contributed by atoms with Crippen molar-refractivity contribution in [2.45, 2.75) is 93.4 Å². The highest BCUT2D eigenvalue weighted by Gasteiger charge is 2.75. The molecule has 4 atom stereocenters. The Morgan fingerprint density at radius 1 is 0.976 bits per heavy atom. The second-order valence-corrected chi connectivity index (χ2v) is 13.5. The maximum atomic E-state index is 15.2. The predicted molar refractivity (Wildman–Crippen MR) is 160 cm³/mol. The number of aliphatic hydroxyl groups excluding tert-OH is 1. The Labute approximate surface area is 244 Å². The van der Waals surface area contributed by atoms with Crippen LogP contribution in [-0.4, -0.2) is 33.5 Å². The number of allylic oxidation sites excluding steroid dienone is 6. The summed E-state index contributed by atoms with van der Waals surface area (Å²) in [6, 6.07) is 8.84. The molecule has 0 saturated heterocycles. The van der Waals surface area contributed by atoms with Crippen molar-refractivity contribution in [2.24, 2.45) is 28.1 Å². The Morgan fingerprint density at radius 3 is 2.07 bits per heavy atom. The number of rotatable bonds is 11. The molecule has 1 aromatic rings. The molecule has 6 heteroatoms. The van der Waals surface area contributed by atoms with Crippen LogP contribution >= 0.6 is 0 Å². The molecule has 2 N–H and O–H groups in total. The van der Waals surface area contributed by atoms with Gasteiger partial charge in [-0.15, -0.1) is 0 Å². The molecule has 0 spiro atoms. The number of hydrogen-bond donors (Lipinski definition) is 2. The number of aliphatic hydroxyl groups is 1. The minimum absolute atomic E-state index is 0.0324. The van der Waals surface area contributed by atoms with E-state index in [2.05, 4.69) is 6.08 Å². The van der Waals surface area contributed by atoms with E-state index < -0.39 is 57.7 Å². The number of carboxylic acid groups (broad SMARTS) is 1. The normalized spacial score (nSPS) is 26.0. The highest BCUT2D eigenvalue weighted by molar-refractivity contribution is 6.32. The molecule has 2 aliphatic rings. The number of benzene rings is 1. The molecule has 2 aliphatic carbocycles. The van der Waals surface area contributed by atoms with E-state index in [4.69, 9.17) is 0 Å². The van der Waals surface area contributed by atoms with Gasteiger partial charge in [0.25, 0.3) is 0 Å². The Hall–Kier alpha value is -3.28. The van der Waals surface area contributed by atoms with Crippen molar-refractivity contribution in [1.82, 2.24) is 0 Å². The summed E-state index contributed by atoms with van der Waals surface area (Å²) in [4.78, 5) is 56.4. The Morgan fingerprint density at radius 2 is 1.56 bits per heavy atom. The van der Waals surface area contributed by atoms with Crippen LogP contribution in [-0.2, 0) is 19.2 Å². The summed E-state index contributed by atoms with van der Waals surface area (Å²) in [5, 5.41) is 22.1. The van der Waals surface area contributed by atoms with Gasteiger partial charge in [-0.2, -0.15) is 0 Å². The highest BCUT2D eigenvalue weighted by Crippen LogP contribution is 2.69. The van der Waals surface area contributed by atoms with Gasteiger partial charge in [0.1, 0.15) is 16.7 Å². The van der Waals surface area contributed by atoms with E-state index in [0.717, 1.165) is 11.1 Å². The number of carbonyl (C=O) groups is 4. The quantitative estimate of drug-likeness (QED) is 0.164. The molecule has 1 fully saturated rings. The van der Waals surface area contributed by atoms with Gasteiger partial charge >= 0.3 is 5.97 Å². The molecule has 0 aromatic heterocycles. The first-order valence-electron chi connectivity index (χ1n) is 14.6. The van der Waals surface area contributed by atoms with Gasteiger partial charge in [-0.3, -0.25) is 19.2 Å². The van der Waals surface area contributed by atoms with Crippen molar-refractivity contribution < 1.29 is 29.4 Å². The van der Waals surface area contributed by atoms with Crippen LogP contribution in [0.4, 0.5) is 0 Å². The topological polar surface area (TPSA) is 109 Å². The average molecular weight is 563 g/mol. The van der Waals surface area contributed by atoms with E-state index in [-0.39, 0.29) is 36.7 Å². The molecular weight excluding hydrogens is 516 g/mol. The summed E-state index contributed by atoms with van der Waals surface area (Å²) in [7, 11) is 0. The lowest BCUT2D eigenvalue weighted by atomic mass is 9.37. The molecule has 0 amide bonds. The summed E-state index contributed by atoms with van der Waals surface area (Å²) >= 11 is 0.